The number of hydrogen-bond acceptors (Lipinski definition) is 5. The molecule has 5 nitrogen and oxygen atoms in total. The number of hydrogen-bond donors (Lipinski definition) is 1. The minimum absolute atomic E-state index is 0.0518. The first-order chi connectivity index (χ1) is 13.1. The number of rotatable bonds is 8. The summed E-state index contributed by atoms with van der Waals surface area (Å²) >= 11 is 1.57. The molecule has 1 N–H and O–H groups in total. The predicted octanol–water partition coefficient (Wildman–Crippen LogP) is 5.11. The van der Waals surface area contributed by atoms with Crippen LogP contribution in [0.5, 0.6) is 11.5 Å². The molecule has 3 rings (SSSR count). The van der Waals surface area contributed by atoms with Gasteiger partial charge < -0.3 is 14.6 Å². The normalized spacial score (nSPS) is 11.6. The average molecular weight is 383 g/mol. The minimum Gasteiger partial charge on any atom is -0.493 e. The van der Waals surface area contributed by atoms with E-state index in [2.05, 4.69) is 4.98 Å². The summed E-state index contributed by atoms with van der Waals surface area (Å²) < 4.78 is 12.1. The van der Waals surface area contributed by atoms with Crippen LogP contribution in [0.3, 0.4) is 0 Å². The lowest BCUT2D eigenvalue weighted by atomic mass is 10.1. The number of thiazole rings is 1. The first kappa shape index (κ1) is 18.9. The molecule has 1 aromatic heterocycles. The Hall–Kier alpha value is -2.86. The fourth-order valence-corrected chi connectivity index (χ4v) is 3.75. The van der Waals surface area contributed by atoms with Crippen LogP contribution in [-0.4, -0.2) is 29.8 Å². The maximum atomic E-state index is 11.1. The van der Waals surface area contributed by atoms with Crippen LogP contribution in [0.4, 0.5) is 0 Å². The second-order valence-corrected chi connectivity index (χ2v) is 6.92. The Balaban J connectivity index is 2.01. The second-order valence-electron chi connectivity index (χ2n) is 5.89. The van der Waals surface area contributed by atoms with E-state index >= 15 is 0 Å². The number of nitrogens with zero attached hydrogens (tertiary/aromatic N) is 1. The third-order valence-corrected chi connectivity index (χ3v) is 5.12. The molecule has 140 valence electrons. The van der Waals surface area contributed by atoms with Crippen LogP contribution in [0.15, 0.2) is 42.5 Å². The van der Waals surface area contributed by atoms with E-state index in [9.17, 15) is 4.79 Å². The number of para-hydroxylation sites is 1. The van der Waals surface area contributed by atoms with Gasteiger partial charge in [0.15, 0.2) is 11.5 Å². The smallest absolute Gasteiger partial charge is 0.303 e. The number of carboxylic acid groups (broad SMARTS) is 1. The van der Waals surface area contributed by atoms with Crippen molar-refractivity contribution in [1.29, 1.82) is 0 Å². The number of methoxy groups -OCH3 is 1. The lowest BCUT2D eigenvalue weighted by Crippen LogP contribution is -1.97. The summed E-state index contributed by atoms with van der Waals surface area (Å²) in [5.41, 5.74) is 2.73. The molecule has 0 fully saturated rings. The first-order valence-electron chi connectivity index (χ1n) is 8.70. The van der Waals surface area contributed by atoms with Gasteiger partial charge in [0, 0.05) is 6.42 Å². The summed E-state index contributed by atoms with van der Waals surface area (Å²) in [7, 11) is 1.60. The second kappa shape index (κ2) is 8.68. The zero-order chi connectivity index (χ0) is 19.2. The van der Waals surface area contributed by atoms with Crippen molar-refractivity contribution in [3.8, 4) is 11.5 Å². The van der Waals surface area contributed by atoms with Gasteiger partial charge in [0.2, 0.25) is 0 Å². The van der Waals surface area contributed by atoms with Gasteiger partial charge in [0.1, 0.15) is 5.01 Å². The van der Waals surface area contributed by atoms with E-state index in [4.69, 9.17) is 14.6 Å². The highest BCUT2D eigenvalue weighted by Crippen LogP contribution is 2.33. The molecule has 0 aliphatic heterocycles. The summed E-state index contributed by atoms with van der Waals surface area (Å²) in [6, 6.07) is 13.6. The fourth-order valence-electron chi connectivity index (χ4n) is 2.74. The number of aromatic nitrogens is 1. The Morgan fingerprint density at radius 3 is 2.70 bits per heavy atom. The number of benzene rings is 2. The Labute approximate surface area is 161 Å². The molecular formula is C21H21NO4S. The van der Waals surface area contributed by atoms with Gasteiger partial charge in [-0.1, -0.05) is 18.2 Å². The van der Waals surface area contributed by atoms with E-state index in [0.29, 0.717) is 24.5 Å². The predicted molar refractivity (Wildman–Crippen MR) is 109 cm³/mol. The van der Waals surface area contributed by atoms with E-state index < -0.39 is 5.97 Å². The summed E-state index contributed by atoms with van der Waals surface area (Å²) in [5, 5.41) is 9.96. The average Bonchev–Trinajstić information content (AvgIpc) is 3.09. The number of aliphatic carboxylic acids is 1. The van der Waals surface area contributed by atoms with Crippen molar-refractivity contribution in [3.63, 3.8) is 0 Å². The van der Waals surface area contributed by atoms with Crippen LogP contribution in [-0.2, 0) is 4.79 Å². The van der Waals surface area contributed by atoms with E-state index in [1.165, 1.54) is 0 Å². The molecule has 0 radical (unpaired) electrons. The number of ether oxygens (including phenoxy) is 2. The maximum absolute atomic E-state index is 11.1. The molecule has 0 atom stereocenters. The molecule has 0 aliphatic rings. The molecular weight excluding hydrogens is 362 g/mol. The first-order valence-corrected chi connectivity index (χ1v) is 9.51. The number of allylic oxidation sites excluding steroid dienone is 1. The monoisotopic (exact) mass is 383 g/mol. The lowest BCUT2D eigenvalue weighted by Gasteiger charge is -2.10. The van der Waals surface area contributed by atoms with Gasteiger partial charge in [-0.05, 0) is 54.8 Å². The molecule has 2 aromatic carbocycles. The van der Waals surface area contributed by atoms with Gasteiger partial charge in [-0.25, -0.2) is 4.98 Å². The van der Waals surface area contributed by atoms with Crippen molar-refractivity contribution >= 4 is 39.2 Å². The number of carboxylic acids is 1. The van der Waals surface area contributed by atoms with Gasteiger partial charge in [-0.15, -0.1) is 11.3 Å². The van der Waals surface area contributed by atoms with Gasteiger partial charge in [-0.3, -0.25) is 4.79 Å². The standard InChI is InChI=1S/C21H21NO4S/c1-3-26-18-13-14(8-10-17(18)25-2)12-15(9-11-20(23)24)21-22-16-6-4-5-7-19(16)27-21/h4-8,10,12-13H,3,9,11H2,1-2H3,(H,23,24). The molecule has 1 heterocycles. The van der Waals surface area contributed by atoms with Crippen molar-refractivity contribution in [2.45, 2.75) is 19.8 Å². The number of fused-ring (bicyclic) bond motifs is 1. The zero-order valence-corrected chi connectivity index (χ0v) is 16.1. The maximum Gasteiger partial charge on any atom is 0.303 e. The van der Waals surface area contributed by atoms with Gasteiger partial charge >= 0.3 is 5.97 Å². The van der Waals surface area contributed by atoms with E-state index in [1.807, 2.05) is 55.5 Å². The van der Waals surface area contributed by atoms with Crippen LogP contribution in [0, 0.1) is 0 Å². The zero-order valence-electron chi connectivity index (χ0n) is 15.3. The van der Waals surface area contributed by atoms with Crippen molar-refractivity contribution < 1.29 is 19.4 Å². The third-order valence-electron chi connectivity index (χ3n) is 4.01. The summed E-state index contributed by atoms with van der Waals surface area (Å²) in [6.07, 6.45) is 2.43. The Kier molecular flexibility index (Phi) is 6.08. The Bertz CT molecular complexity index is 944. The highest BCUT2D eigenvalue weighted by atomic mass is 32.1. The van der Waals surface area contributed by atoms with Crippen LogP contribution >= 0.6 is 11.3 Å². The van der Waals surface area contributed by atoms with Crippen molar-refractivity contribution in [3.05, 3.63) is 53.0 Å². The van der Waals surface area contributed by atoms with E-state index in [0.717, 1.165) is 26.4 Å². The molecule has 27 heavy (non-hydrogen) atoms. The molecule has 0 aliphatic carbocycles. The van der Waals surface area contributed by atoms with Crippen molar-refractivity contribution in [1.82, 2.24) is 4.98 Å². The van der Waals surface area contributed by atoms with Crippen molar-refractivity contribution in [2.24, 2.45) is 0 Å². The molecule has 0 saturated carbocycles. The highest BCUT2D eigenvalue weighted by Gasteiger charge is 2.12. The largest absolute Gasteiger partial charge is 0.493 e. The lowest BCUT2D eigenvalue weighted by molar-refractivity contribution is -0.136. The fraction of sp³-hybridized carbons (Fsp3) is 0.238. The molecule has 0 unspecified atom stereocenters. The van der Waals surface area contributed by atoms with Gasteiger partial charge in [-0.2, -0.15) is 0 Å². The molecule has 0 saturated heterocycles. The van der Waals surface area contributed by atoms with Crippen molar-refractivity contribution in [2.75, 3.05) is 13.7 Å². The summed E-state index contributed by atoms with van der Waals surface area (Å²) in [6.45, 7) is 2.45. The molecule has 0 spiro atoms. The van der Waals surface area contributed by atoms with E-state index in [-0.39, 0.29) is 6.42 Å². The van der Waals surface area contributed by atoms with Crippen LogP contribution in [0.25, 0.3) is 21.9 Å². The molecule has 6 heteroatoms. The third kappa shape index (κ3) is 4.65. The van der Waals surface area contributed by atoms with Crippen LogP contribution in [0.1, 0.15) is 30.3 Å². The SMILES string of the molecule is CCOc1cc(C=C(CCC(=O)O)c2nc3ccccc3s2)ccc1OC. The van der Waals surface area contributed by atoms with Gasteiger partial charge in [0.05, 0.1) is 23.9 Å². The quantitative estimate of drug-likeness (QED) is 0.585. The summed E-state index contributed by atoms with van der Waals surface area (Å²) in [5.74, 6) is 0.503. The molecule has 0 amide bonds. The minimum atomic E-state index is -0.827. The molecule has 0 bridgehead atoms. The molecule has 3 aromatic rings. The van der Waals surface area contributed by atoms with Crippen LogP contribution < -0.4 is 9.47 Å². The topological polar surface area (TPSA) is 68.7 Å². The van der Waals surface area contributed by atoms with Gasteiger partial charge in [0.25, 0.3) is 0 Å². The Morgan fingerprint density at radius 2 is 2.00 bits per heavy atom. The van der Waals surface area contributed by atoms with Crippen LogP contribution in [0.2, 0.25) is 0 Å². The van der Waals surface area contributed by atoms with E-state index in [1.54, 1.807) is 18.4 Å². The number of carbonyl (C=O) groups is 1. The Morgan fingerprint density at radius 1 is 1.19 bits per heavy atom. The summed E-state index contributed by atoms with van der Waals surface area (Å²) in [4.78, 5) is 15.8. The highest BCUT2D eigenvalue weighted by molar-refractivity contribution is 7.19.